The Balaban J connectivity index is 1.42. The summed E-state index contributed by atoms with van der Waals surface area (Å²) in [4.78, 5) is 27.0. The molecule has 2 heterocycles. The highest BCUT2D eigenvalue weighted by molar-refractivity contribution is 6.30. The normalized spacial score (nSPS) is 25.5. The van der Waals surface area contributed by atoms with Crippen LogP contribution in [0.15, 0.2) is 24.3 Å². The number of rotatable bonds is 12. The number of alkyl carbamates (subject to hydrolysis) is 1. The molecule has 6 atom stereocenters. The third-order valence-electron chi connectivity index (χ3n) is 9.07. The first-order valence-corrected chi connectivity index (χ1v) is 15.8. The van der Waals surface area contributed by atoms with E-state index in [4.69, 9.17) is 21.1 Å². The third kappa shape index (κ3) is 8.96. The Bertz CT molecular complexity index is 975. The van der Waals surface area contributed by atoms with Crippen molar-refractivity contribution in [3.63, 3.8) is 0 Å². The molecule has 0 radical (unpaired) electrons. The lowest BCUT2D eigenvalue weighted by molar-refractivity contribution is -0.175. The number of hydrogen-bond acceptors (Lipinski definition) is 6. The minimum atomic E-state index is -0.718. The highest BCUT2D eigenvalue weighted by Crippen LogP contribution is 2.35. The third-order valence-corrected chi connectivity index (χ3v) is 9.30. The van der Waals surface area contributed by atoms with Crippen LogP contribution in [0.25, 0.3) is 0 Å². The van der Waals surface area contributed by atoms with Crippen LogP contribution >= 0.6 is 11.6 Å². The Morgan fingerprint density at radius 3 is 2.68 bits per heavy atom. The Hall–Kier alpha value is -2.07. The average Bonchev–Trinajstić information content (AvgIpc) is 2.97. The van der Waals surface area contributed by atoms with Crippen LogP contribution in [0.1, 0.15) is 76.4 Å². The molecule has 1 aromatic rings. The molecule has 1 aliphatic carbocycles. The fourth-order valence-corrected chi connectivity index (χ4v) is 6.86. The number of hydrogen-bond donors (Lipinski definition) is 3. The number of piperidine rings is 1. The summed E-state index contributed by atoms with van der Waals surface area (Å²) in [5.41, 5.74) is 0.946. The molecular weight excluding hydrogens is 546 g/mol. The number of urea groups is 1. The van der Waals surface area contributed by atoms with Crippen LogP contribution in [-0.4, -0.2) is 80.3 Å². The van der Waals surface area contributed by atoms with Crippen molar-refractivity contribution in [1.29, 1.82) is 0 Å². The molecule has 0 bridgehead atoms. The molecule has 1 saturated carbocycles. The second kappa shape index (κ2) is 16.0. The lowest BCUT2D eigenvalue weighted by atomic mass is 9.80. The van der Waals surface area contributed by atoms with E-state index in [0.717, 1.165) is 44.1 Å². The van der Waals surface area contributed by atoms with Gasteiger partial charge in [0.15, 0.2) is 0 Å². The number of nitrogens with zero attached hydrogens (tertiary/aromatic N) is 1. The van der Waals surface area contributed by atoms with Gasteiger partial charge in [-0.15, -0.1) is 0 Å². The molecule has 0 aromatic heterocycles. The molecule has 3 aliphatic rings. The van der Waals surface area contributed by atoms with Crippen molar-refractivity contribution in [1.82, 2.24) is 15.5 Å². The van der Waals surface area contributed by atoms with Gasteiger partial charge >= 0.3 is 12.1 Å². The topological polar surface area (TPSA) is 109 Å². The van der Waals surface area contributed by atoms with E-state index in [1.54, 1.807) is 0 Å². The predicted molar refractivity (Wildman–Crippen MR) is 158 cm³/mol. The lowest BCUT2D eigenvalue weighted by Crippen LogP contribution is -2.59. The second-order valence-electron chi connectivity index (χ2n) is 11.9. The number of nitrogens with one attached hydrogen (secondary N) is 2. The molecular formula is C31H48ClN3O6. The van der Waals surface area contributed by atoms with Crippen molar-refractivity contribution in [2.45, 2.75) is 89.1 Å². The predicted octanol–water partition coefficient (Wildman–Crippen LogP) is 5.30. The minimum Gasteiger partial charge on any atom is -0.453 e. The van der Waals surface area contributed by atoms with Gasteiger partial charge < -0.3 is 34.9 Å². The van der Waals surface area contributed by atoms with Crippen LogP contribution < -0.4 is 10.6 Å². The van der Waals surface area contributed by atoms with Gasteiger partial charge in [-0.2, -0.15) is 0 Å². The lowest BCUT2D eigenvalue weighted by Gasteiger charge is -2.44. The summed E-state index contributed by atoms with van der Waals surface area (Å²) in [7, 11) is 1.33. The summed E-state index contributed by atoms with van der Waals surface area (Å²) >= 11 is 6.32. The maximum Gasteiger partial charge on any atom is 0.406 e. The number of amides is 3. The molecule has 230 valence electrons. The zero-order chi connectivity index (χ0) is 29.2. The van der Waals surface area contributed by atoms with E-state index < -0.39 is 12.2 Å². The van der Waals surface area contributed by atoms with Gasteiger partial charge in [0.25, 0.3) is 0 Å². The van der Waals surface area contributed by atoms with E-state index in [1.807, 2.05) is 29.2 Å². The molecule has 2 saturated heterocycles. The van der Waals surface area contributed by atoms with E-state index in [1.165, 1.54) is 26.4 Å². The number of carbonyl (C=O) groups is 2. The SMILES string of the molecule is CCC1COC1C(O)C(CC1CCCCC1)NC(=O)N1CCCC(C(OCCNC(=O)OC)c2cccc(Cl)c2)C1. The number of aliphatic hydroxyl groups is 1. The largest absolute Gasteiger partial charge is 0.453 e. The molecule has 9 nitrogen and oxygen atoms in total. The molecule has 3 N–H and O–H groups in total. The molecule has 41 heavy (non-hydrogen) atoms. The summed E-state index contributed by atoms with van der Waals surface area (Å²) in [6.45, 7) is 4.58. The van der Waals surface area contributed by atoms with Crippen LogP contribution in [0.3, 0.4) is 0 Å². The van der Waals surface area contributed by atoms with Crippen molar-refractivity contribution in [3.05, 3.63) is 34.9 Å². The first-order chi connectivity index (χ1) is 19.9. The number of ether oxygens (including phenoxy) is 3. The Morgan fingerprint density at radius 2 is 2.00 bits per heavy atom. The molecule has 6 unspecified atom stereocenters. The number of methoxy groups -OCH3 is 1. The second-order valence-corrected chi connectivity index (χ2v) is 12.3. The van der Waals surface area contributed by atoms with Gasteiger partial charge in [-0.3, -0.25) is 0 Å². The van der Waals surface area contributed by atoms with Crippen molar-refractivity contribution in [2.24, 2.45) is 17.8 Å². The summed E-state index contributed by atoms with van der Waals surface area (Å²) in [5, 5.41) is 17.9. The first-order valence-electron chi connectivity index (χ1n) is 15.4. The van der Waals surface area contributed by atoms with E-state index in [0.29, 0.717) is 49.7 Å². The van der Waals surface area contributed by atoms with E-state index >= 15 is 0 Å². The number of aliphatic hydroxyl groups excluding tert-OH is 1. The fourth-order valence-electron chi connectivity index (χ4n) is 6.66. The number of likely N-dealkylation sites (tertiary alicyclic amines) is 1. The molecule has 10 heteroatoms. The summed E-state index contributed by atoms with van der Waals surface area (Å²) < 4.78 is 16.7. The summed E-state index contributed by atoms with van der Waals surface area (Å²) in [6, 6.07) is 7.14. The number of carbonyl (C=O) groups excluding carboxylic acids is 2. The van der Waals surface area contributed by atoms with E-state index in [2.05, 4.69) is 22.3 Å². The van der Waals surface area contributed by atoms with Gasteiger partial charge in [-0.1, -0.05) is 62.8 Å². The minimum absolute atomic E-state index is 0.0484. The van der Waals surface area contributed by atoms with Crippen LogP contribution in [-0.2, 0) is 14.2 Å². The van der Waals surface area contributed by atoms with Crippen molar-refractivity contribution in [2.75, 3.05) is 40.0 Å². The summed E-state index contributed by atoms with van der Waals surface area (Å²) in [5.74, 6) is 0.892. The maximum absolute atomic E-state index is 13.7. The van der Waals surface area contributed by atoms with Gasteiger partial charge in [0, 0.05) is 36.5 Å². The van der Waals surface area contributed by atoms with Crippen LogP contribution in [0.2, 0.25) is 5.02 Å². The van der Waals surface area contributed by atoms with Gasteiger partial charge in [-0.25, -0.2) is 9.59 Å². The fraction of sp³-hybridized carbons (Fsp3) is 0.742. The van der Waals surface area contributed by atoms with Crippen molar-refractivity contribution in [3.8, 4) is 0 Å². The average molecular weight is 594 g/mol. The monoisotopic (exact) mass is 593 g/mol. The highest BCUT2D eigenvalue weighted by atomic mass is 35.5. The van der Waals surface area contributed by atoms with Crippen LogP contribution in [0, 0.1) is 17.8 Å². The van der Waals surface area contributed by atoms with Gasteiger partial charge in [0.2, 0.25) is 0 Å². The Kier molecular flexibility index (Phi) is 12.4. The van der Waals surface area contributed by atoms with Gasteiger partial charge in [-0.05, 0) is 49.3 Å². The van der Waals surface area contributed by atoms with Crippen LogP contribution in [0.4, 0.5) is 9.59 Å². The molecule has 1 aromatic carbocycles. The molecule has 3 amide bonds. The van der Waals surface area contributed by atoms with Crippen molar-refractivity contribution < 1.29 is 28.9 Å². The van der Waals surface area contributed by atoms with Crippen LogP contribution in [0.5, 0.6) is 0 Å². The highest BCUT2D eigenvalue weighted by Gasteiger charge is 2.42. The quantitative estimate of drug-likeness (QED) is 0.284. The van der Waals surface area contributed by atoms with Gasteiger partial charge in [0.1, 0.15) is 6.10 Å². The van der Waals surface area contributed by atoms with Gasteiger partial charge in [0.05, 0.1) is 38.6 Å². The zero-order valence-corrected chi connectivity index (χ0v) is 25.3. The maximum atomic E-state index is 13.7. The smallest absolute Gasteiger partial charge is 0.406 e. The Morgan fingerprint density at radius 1 is 1.20 bits per heavy atom. The number of benzene rings is 1. The molecule has 4 rings (SSSR count). The molecule has 2 aliphatic heterocycles. The zero-order valence-electron chi connectivity index (χ0n) is 24.6. The number of halogens is 1. The standard InChI is InChI=1S/C31H48ClN3O6/c1-3-22-20-41-29(22)27(36)26(17-21-9-5-4-6-10-21)34-30(37)35-15-8-12-24(19-35)28(23-11-7-13-25(32)18-23)40-16-14-33-31(38)39-2/h7,11,13,18,21-22,24,26-29,36H,3-6,8-10,12,14-17,19-20H2,1-2H3,(H,33,38)(H,34,37). The molecule has 0 spiro atoms. The first kappa shape index (κ1) is 31.9. The van der Waals surface area contributed by atoms with E-state index in [9.17, 15) is 14.7 Å². The molecule has 3 fully saturated rings. The Labute approximate surface area is 249 Å². The van der Waals surface area contributed by atoms with E-state index in [-0.39, 0.29) is 30.2 Å². The van der Waals surface area contributed by atoms with Crippen molar-refractivity contribution >= 4 is 23.7 Å². The summed E-state index contributed by atoms with van der Waals surface area (Å²) in [6.07, 6.45) is 7.74.